The van der Waals surface area contributed by atoms with Gasteiger partial charge < -0.3 is 10.0 Å². The number of nitrogens with zero attached hydrogens (tertiary/aromatic N) is 2. The van der Waals surface area contributed by atoms with Crippen molar-refractivity contribution in [3.63, 3.8) is 0 Å². The maximum atomic E-state index is 9.23. The molecule has 1 N–H and O–H groups in total. The lowest BCUT2D eigenvalue weighted by atomic mass is 9.82. The summed E-state index contributed by atoms with van der Waals surface area (Å²) in [7, 11) is 2.01. The molecular formula is C11H14BrClN2O. The Kier molecular flexibility index (Phi) is 3.72. The van der Waals surface area contributed by atoms with Crippen molar-refractivity contribution in [1.29, 1.82) is 0 Å². The molecule has 1 fully saturated rings. The summed E-state index contributed by atoms with van der Waals surface area (Å²) >= 11 is 9.29. The summed E-state index contributed by atoms with van der Waals surface area (Å²) in [5.41, 5.74) is 0. The van der Waals surface area contributed by atoms with E-state index in [1.54, 1.807) is 6.20 Å². The number of aliphatic hydroxyl groups is 1. The van der Waals surface area contributed by atoms with E-state index in [0.29, 0.717) is 10.9 Å². The highest BCUT2D eigenvalue weighted by Crippen LogP contribution is 2.31. The highest BCUT2D eigenvalue weighted by atomic mass is 79.9. The number of pyridine rings is 1. The monoisotopic (exact) mass is 304 g/mol. The summed E-state index contributed by atoms with van der Waals surface area (Å²) in [6.07, 6.45) is 3.35. The predicted molar refractivity (Wildman–Crippen MR) is 68.9 cm³/mol. The SMILES string of the molecule is CN(CC1CC(O)C1)c1ncc(Cl)cc1Br. The predicted octanol–water partition coefficient (Wildman–Crippen LogP) is 2.70. The average molecular weight is 306 g/mol. The molecule has 88 valence electrons. The first-order valence-electron chi connectivity index (χ1n) is 5.26. The molecule has 5 heteroatoms. The van der Waals surface area contributed by atoms with Crippen LogP contribution in [0, 0.1) is 5.92 Å². The molecule has 1 aliphatic rings. The molecule has 3 nitrogen and oxygen atoms in total. The second-order valence-electron chi connectivity index (χ2n) is 4.33. The summed E-state index contributed by atoms with van der Waals surface area (Å²) in [5, 5.41) is 9.86. The molecule has 16 heavy (non-hydrogen) atoms. The first kappa shape index (κ1) is 12.1. The molecule has 1 aromatic heterocycles. The van der Waals surface area contributed by atoms with Crippen LogP contribution >= 0.6 is 27.5 Å². The minimum absolute atomic E-state index is 0.0972. The molecule has 1 saturated carbocycles. The highest BCUT2D eigenvalue weighted by molar-refractivity contribution is 9.10. The number of aliphatic hydroxyl groups excluding tert-OH is 1. The zero-order valence-corrected chi connectivity index (χ0v) is 11.4. The van der Waals surface area contributed by atoms with E-state index in [-0.39, 0.29) is 6.10 Å². The van der Waals surface area contributed by atoms with Gasteiger partial charge in [-0.3, -0.25) is 0 Å². The van der Waals surface area contributed by atoms with Gasteiger partial charge in [0.25, 0.3) is 0 Å². The normalized spacial score (nSPS) is 24.0. The lowest BCUT2D eigenvalue weighted by Crippen LogP contribution is -2.37. The molecule has 0 atom stereocenters. The maximum absolute atomic E-state index is 9.23. The van der Waals surface area contributed by atoms with Crippen LogP contribution in [0.2, 0.25) is 5.02 Å². The second-order valence-corrected chi connectivity index (χ2v) is 5.62. The number of anilines is 1. The van der Waals surface area contributed by atoms with E-state index in [1.807, 2.05) is 13.1 Å². The molecule has 1 aromatic rings. The van der Waals surface area contributed by atoms with Crippen molar-refractivity contribution in [3.05, 3.63) is 21.8 Å². The fourth-order valence-corrected chi connectivity index (χ4v) is 2.95. The summed E-state index contributed by atoms with van der Waals surface area (Å²) in [6.45, 7) is 0.921. The first-order chi connectivity index (χ1) is 7.56. The molecule has 0 saturated heterocycles. The molecule has 0 amide bonds. The molecular weight excluding hydrogens is 291 g/mol. The lowest BCUT2D eigenvalue weighted by Gasteiger charge is -2.35. The van der Waals surface area contributed by atoms with Crippen molar-refractivity contribution in [2.45, 2.75) is 18.9 Å². The Labute approximate surface area is 109 Å². The highest BCUT2D eigenvalue weighted by Gasteiger charge is 2.28. The molecule has 2 rings (SSSR count). The number of hydrogen-bond donors (Lipinski definition) is 1. The number of rotatable bonds is 3. The topological polar surface area (TPSA) is 36.4 Å². The fraction of sp³-hybridized carbons (Fsp3) is 0.545. The van der Waals surface area contributed by atoms with Gasteiger partial charge in [-0.15, -0.1) is 0 Å². The summed E-state index contributed by atoms with van der Waals surface area (Å²) < 4.78 is 0.905. The Hall–Kier alpha value is -0.320. The van der Waals surface area contributed by atoms with Crippen LogP contribution in [0.3, 0.4) is 0 Å². The zero-order valence-electron chi connectivity index (χ0n) is 9.03. The van der Waals surface area contributed by atoms with Crippen LogP contribution in [0.1, 0.15) is 12.8 Å². The van der Waals surface area contributed by atoms with Crippen molar-refractivity contribution >= 4 is 33.3 Å². The van der Waals surface area contributed by atoms with Crippen molar-refractivity contribution in [2.75, 3.05) is 18.5 Å². The fourth-order valence-electron chi connectivity index (χ4n) is 2.01. The minimum atomic E-state index is -0.0972. The molecule has 0 bridgehead atoms. The van der Waals surface area contributed by atoms with Gasteiger partial charge >= 0.3 is 0 Å². The quantitative estimate of drug-likeness (QED) is 0.933. The number of halogens is 2. The molecule has 0 aromatic carbocycles. The smallest absolute Gasteiger partial charge is 0.142 e. The van der Waals surface area contributed by atoms with Gasteiger partial charge in [0.2, 0.25) is 0 Å². The van der Waals surface area contributed by atoms with Crippen LogP contribution in [0.25, 0.3) is 0 Å². The largest absolute Gasteiger partial charge is 0.393 e. The first-order valence-corrected chi connectivity index (χ1v) is 6.43. The van der Waals surface area contributed by atoms with E-state index in [2.05, 4.69) is 25.8 Å². The van der Waals surface area contributed by atoms with Gasteiger partial charge in [0.15, 0.2) is 0 Å². The van der Waals surface area contributed by atoms with E-state index in [9.17, 15) is 5.11 Å². The van der Waals surface area contributed by atoms with Crippen LogP contribution in [0.5, 0.6) is 0 Å². The van der Waals surface area contributed by atoms with Crippen LogP contribution in [0.15, 0.2) is 16.7 Å². The molecule has 0 aliphatic heterocycles. The standard InChI is InChI=1S/C11H14BrClN2O/c1-15(6-7-2-9(16)3-7)11-10(12)4-8(13)5-14-11/h4-5,7,9,16H,2-3,6H2,1H3. The van der Waals surface area contributed by atoms with E-state index in [1.165, 1.54) is 0 Å². The minimum Gasteiger partial charge on any atom is -0.393 e. The van der Waals surface area contributed by atoms with Crippen LogP contribution < -0.4 is 4.90 Å². The van der Waals surface area contributed by atoms with Crippen LogP contribution in [-0.2, 0) is 0 Å². The van der Waals surface area contributed by atoms with Crippen molar-refractivity contribution in [1.82, 2.24) is 4.98 Å². The average Bonchev–Trinajstić information content (AvgIpc) is 2.15. The maximum Gasteiger partial charge on any atom is 0.142 e. The van der Waals surface area contributed by atoms with E-state index in [4.69, 9.17) is 11.6 Å². The molecule has 1 heterocycles. The molecule has 1 aliphatic carbocycles. The molecule has 0 spiro atoms. The Morgan fingerprint density at radius 2 is 2.31 bits per heavy atom. The Morgan fingerprint density at radius 3 is 2.88 bits per heavy atom. The van der Waals surface area contributed by atoms with E-state index in [0.717, 1.165) is 29.7 Å². The van der Waals surface area contributed by atoms with Gasteiger partial charge in [0, 0.05) is 19.8 Å². The van der Waals surface area contributed by atoms with Crippen LogP contribution in [-0.4, -0.2) is 29.8 Å². The summed E-state index contributed by atoms with van der Waals surface area (Å²) in [5.74, 6) is 1.47. The van der Waals surface area contributed by atoms with E-state index >= 15 is 0 Å². The van der Waals surface area contributed by atoms with Gasteiger partial charge in [-0.05, 0) is 40.8 Å². The third kappa shape index (κ3) is 2.67. The third-order valence-corrected chi connectivity index (χ3v) is 3.68. The summed E-state index contributed by atoms with van der Waals surface area (Å²) in [6, 6.07) is 1.84. The zero-order chi connectivity index (χ0) is 11.7. The van der Waals surface area contributed by atoms with Gasteiger partial charge in [0.1, 0.15) is 5.82 Å². The Bertz CT molecular complexity index is 382. The second kappa shape index (κ2) is 4.90. The number of aromatic nitrogens is 1. The number of hydrogen-bond acceptors (Lipinski definition) is 3. The van der Waals surface area contributed by atoms with Crippen LogP contribution in [0.4, 0.5) is 5.82 Å². The Morgan fingerprint density at radius 1 is 1.62 bits per heavy atom. The van der Waals surface area contributed by atoms with Gasteiger partial charge in [0.05, 0.1) is 15.6 Å². The molecule has 0 radical (unpaired) electrons. The van der Waals surface area contributed by atoms with Crippen molar-refractivity contribution in [3.8, 4) is 0 Å². The third-order valence-electron chi connectivity index (χ3n) is 2.89. The lowest BCUT2D eigenvalue weighted by molar-refractivity contribution is 0.0464. The van der Waals surface area contributed by atoms with Gasteiger partial charge in [-0.1, -0.05) is 11.6 Å². The van der Waals surface area contributed by atoms with Crippen molar-refractivity contribution < 1.29 is 5.11 Å². The summed E-state index contributed by atoms with van der Waals surface area (Å²) in [4.78, 5) is 6.39. The van der Waals surface area contributed by atoms with Gasteiger partial charge in [-0.25, -0.2) is 4.98 Å². The Balaban J connectivity index is 2.00. The van der Waals surface area contributed by atoms with E-state index < -0.39 is 0 Å². The van der Waals surface area contributed by atoms with Gasteiger partial charge in [-0.2, -0.15) is 0 Å². The molecule has 0 unspecified atom stereocenters. The van der Waals surface area contributed by atoms with Crippen molar-refractivity contribution in [2.24, 2.45) is 5.92 Å².